The molecule has 104 valence electrons. The van der Waals surface area contributed by atoms with Gasteiger partial charge in [-0.25, -0.2) is 0 Å². The number of ether oxygens (including phenoxy) is 1. The van der Waals surface area contributed by atoms with Gasteiger partial charge in [-0.3, -0.25) is 4.79 Å². The standard InChI is InChI=1S/C15H27NO2/c16-12-15(9-5-2-6-10-15)11-14(17)18-13-7-3-1-4-8-13/h13H,1-12,16H2. The van der Waals surface area contributed by atoms with Crippen molar-refractivity contribution in [3.8, 4) is 0 Å². The number of carbonyl (C=O) groups is 1. The molecule has 2 saturated carbocycles. The van der Waals surface area contributed by atoms with Crippen LogP contribution >= 0.6 is 0 Å². The van der Waals surface area contributed by atoms with Gasteiger partial charge in [0.25, 0.3) is 0 Å². The minimum absolute atomic E-state index is 0.00532. The molecule has 0 aromatic carbocycles. The molecule has 0 saturated heterocycles. The summed E-state index contributed by atoms with van der Waals surface area (Å²) in [7, 11) is 0. The summed E-state index contributed by atoms with van der Waals surface area (Å²) in [6.07, 6.45) is 12.5. The van der Waals surface area contributed by atoms with Crippen LogP contribution < -0.4 is 5.73 Å². The van der Waals surface area contributed by atoms with Crippen LogP contribution in [0.1, 0.15) is 70.6 Å². The smallest absolute Gasteiger partial charge is 0.306 e. The van der Waals surface area contributed by atoms with Crippen LogP contribution in [0.4, 0.5) is 0 Å². The first-order valence-corrected chi connectivity index (χ1v) is 7.64. The van der Waals surface area contributed by atoms with Gasteiger partial charge in [0, 0.05) is 0 Å². The van der Waals surface area contributed by atoms with Crippen molar-refractivity contribution in [1.82, 2.24) is 0 Å². The first kappa shape index (κ1) is 13.9. The number of hydrogen-bond acceptors (Lipinski definition) is 3. The molecule has 3 heteroatoms. The Labute approximate surface area is 110 Å². The normalized spacial score (nSPS) is 24.7. The maximum Gasteiger partial charge on any atom is 0.306 e. The van der Waals surface area contributed by atoms with Crippen LogP contribution in [-0.2, 0) is 9.53 Å². The molecule has 0 bridgehead atoms. The fourth-order valence-electron chi connectivity index (χ4n) is 3.47. The topological polar surface area (TPSA) is 52.3 Å². The molecule has 3 nitrogen and oxygen atoms in total. The van der Waals surface area contributed by atoms with E-state index in [1.807, 2.05) is 0 Å². The van der Waals surface area contributed by atoms with E-state index in [0.717, 1.165) is 25.7 Å². The third-order valence-corrected chi connectivity index (χ3v) is 4.72. The second-order valence-corrected chi connectivity index (χ2v) is 6.19. The van der Waals surface area contributed by atoms with Crippen LogP contribution in [-0.4, -0.2) is 18.6 Å². The molecular formula is C15H27NO2. The predicted octanol–water partition coefficient (Wildman–Crippen LogP) is 3.16. The maximum absolute atomic E-state index is 12.1. The molecule has 2 N–H and O–H groups in total. The van der Waals surface area contributed by atoms with E-state index in [9.17, 15) is 4.79 Å². The lowest BCUT2D eigenvalue weighted by molar-refractivity contribution is -0.153. The minimum atomic E-state index is -0.00532. The predicted molar refractivity (Wildman–Crippen MR) is 72.2 cm³/mol. The maximum atomic E-state index is 12.1. The van der Waals surface area contributed by atoms with Crippen LogP contribution in [0.25, 0.3) is 0 Å². The molecule has 0 spiro atoms. The van der Waals surface area contributed by atoms with Crippen molar-refractivity contribution in [3.63, 3.8) is 0 Å². The summed E-state index contributed by atoms with van der Waals surface area (Å²) in [5, 5.41) is 0. The molecule has 0 amide bonds. The summed E-state index contributed by atoms with van der Waals surface area (Å²) in [5.74, 6) is -0.00532. The molecule has 18 heavy (non-hydrogen) atoms. The molecule has 2 fully saturated rings. The van der Waals surface area contributed by atoms with E-state index >= 15 is 0 Å². The van der Waals surface area contributed by atoms with Gasteiger partial charge in [0.15, 0.2) is 0 Å². The molecule has 0 radical (unpaired) electrons. The highest BCUT2D eigenvalue weighted by Gasteiger charge is 2.34. The Balaban J connectivity index is 1.81. The monoisotopic (exact) mass is 253 g/mol. The number of esters is 1. The van der Waals surface area contributed by atoms with E-state index in [1.165, 1.54) is 38.5 Å². The van der Waals surface area contributed by atoms with E-state index in [0.29, 0.717) is 13.0 Å². The lowest BCUT2D eigenvalue weighted by Gasteiger charge is -2.35. The van der Waals surface area contributed by atoms with Crippen LogP contribution in [0.5, 0.6) is 0 Å². The molecule has 0 heterocycles. The second kappa shape index (κ2) is 6.55. The fourth-order valence-corrected chi connectivity index (χ4v) is 3.47. The van der Waals surface area contributed by atoms with Crippen molar-refractivity contribution < 1.29 is 9.53 Å². The van der Waals surface area contributed by atoms with E-state index in [4.69, 9.17) is 10.5 Å². The summed E-state index contributed by atoms with van der Waals surface area (Å²) in [5.41, 5.74) is 5.96. The summed E-state index contributed by atoms with van der Waals surface area (Å²) < 4.78 is 5.63. The van der Waals surface area contributed by atoms with Gasteiger partial charge < -0.3 is 10.5 Å². The van der Waals surface area contributed by atoms with Gasteiger partial charge in [-0.1, -0.05) is 25.7 Å². The first-order chi connectivity index (χ1) is 8.74. The average molecular weight is 253 g/mol. The van der Waals surface area contributed by atoms with Gasteiger partial charge in [-0.15, -0.1) is 0 Å². The molecule has 0 aromatic heterocycles. The Morgan fingerprint density at radius 1 is 1.06 bits per heavy atom. The lowest BCUT2D eigenvalue weighted by atomic mass is 9.72. The summed E-state index contributed by atoms with van der Waals surface area (Å²) in [6.45, 7) is 0.632. The highest BCUT2D eigenvalue weighted by Crippen LogP contribution is 2.38. The SMILES string of the molecule is NCC1(CC(=O)OC2CCCCC2)CCCCC1. The van der Waals surface area contributed by atoms with Gasteiger partial charge in [-0.2, -0.15) is 0 Å². The molecule has 0 aromatic rings. The van der Waals surface area contributed by atoms with E-state index in [2.05, 4.69) is 0 Å². The van der Waals surface area contributed by atoms with Crippen LogP contribution in [0.3, 0.4) is 0 Å². The highest BCUT2D eigenvalue weighted by atomic mass is 16.5. The molecule has 0 aliphatic heterocycles. The number of carbonyl (C=O) groups excluding carboxylic acids is 1. The molecule has 0 unspecified atom stereocenters. The molecule has 2 rings (SSSR count). The number of rotatable bonds is 4. The Morgan fingerprint density at radius 2 is 1.67 bits per heavy atom. The van der Waals surface area contributed by atoms with Crippen molar-refractivity contribution in [2.75, 3.05) is 6.54 Å². The van der Waals surface area contributed by atoms with E-state index < -0.39 is 0 Å². The van der Waals surface area contributed by atoms with E-state index in [-0.39, 0.29) is 17.5 Å². The zero-order valence-electron chi connectivity index (χ0n) is 11.5. The van der Waals surface area contributed by atoms with Crippen molar-refractivity contribution in [2.45, 2.75) is 76.7 Å². The van der Waals surface area contributed by atoms with Gasteiger partial charge >= 0.3 is 5.97 Å². The third-order valence-electron chi connectivity index (χ3n) is 4.72. The van der Waals surface area contributed by atoms with Crippen LogP contribution in [0.15, 0.2) is 0 Å². The van der Waals surface area contributed by atoms with Crippen molar-refractivity contribution in [2.24, 2.45) is 11.1 Å². The minimum Gasteiger partial charge on any atom is -0.462 e. The van der Waals surface area contributed by atoms with Crippen molar-refractivity contribution in [3.05, 3.63) is 0 Å². The summed E-state index contributed by atoms with van der Waals surface area (Å²) in [6, 6.07) is 0. The van der Waals surface area contributed by atoms with Gasteiger partial charge in [0.05, 0.1) is 6.42 Å². The zero-order valence-corrected chi connectivity index (χ0v) is 11.5. The van der Waals surface area contributed by atoms with Crippen LogP contribution in [0.2, 0.25) is 0 Å². The van der Waals surface area contributed by atoms with Crippen molar-refractivity contribution in [1.29, 1.82) is 0 Å². The third kappa shape index (κ3) is 3.71. The number of nitrogens with two attached hydrogens (primary N) is 1. The Kier molecular flexibility index (Phi) is 5.04. The molecule has 2 aliphatic carbocycles. The first-order valence-electron chi connectivity index (χ1n) is 7.64. The van der Waals surface area contributed by atoms with Gasteiger partial charge in [0.2, 0.25) is 0 Å². The Morgan fingerprint density at radius 3 is 2.28 bits per heavy atom. The quantitative estimate of drug-likeness (QED) is 0.783. The average Bonchev–Trinajstić information content (AvgIpc) is 2.41. The largest absolute Gasteiger partial charge is 0.462 e. The second-order valence-electron chi connectivity index (χ2n) is 6.19. The molecular weight excluding hydrogens is 226 g/mol. The summed E-state index contributed by atoms with van der Waals surface area (Å²) >= 11 is 0. The van der Waals surface area contributed by atoms with Crippen molar-refractivity contribution >= 4 is 5.97 Å². The fraction of sp³-hybridized carbons (Fsp3) is 0.933. The summed E-state index contributed by atoms with van der Waals surface area (Å²) in [4.78, 5) is 12.1. The van der Waals surface area contributed by atoms with E-state index in [1.54, 1.807) is 0 Å². The molecule has 2 aliphatic rings. The Hall–Kier alpha value is -0.570. The Bertz CT molecular complexity index is 266. The van der Waals surface area contributed by atoms with Crippen LogP contribution in [0, 0.1) is 5.41 Å². The van der Waals surface area contributed by atoms with Gasteiger partial charge in [0.1, 0.15) is 6.10 Å². The van der Waals surface area contributed by atoms with Gasteiger partial charge in [-0.05, 0) is 50.5 Å². The zero-order chi connectivity index (χ0) is 12.8. The highest BCUT2D eigenvalue weighted by molar-refractivity contribution is 5.70. The lowest BCUT2D eigenvalue weighted by Crippen LogP contribution is -2.36. The molecule has 0 atom stereocenters. The number of hydrogen-bond donors (Lipinski definition) is 1.